The second-order valence-electron chi connectivity index (χ2n) is 6.47. The van der Waals surface area contributed by atoms with Gasteiger partial charge in [-0.2, -0.15) is 0 Å². The van der Waals surface area contributed by atoms with Gasteiger partial charge < -0.3 is 20.5 Å². The number of aromatic nitrogens is 2. The molecule has 2 unspecified atom stereocenters. The number of nitrogens with one attached hydrogen (secondary N) is 3. The molecule has 2 saturated heterocycles. The number of hydrogen-bond acceptors (Lipinski definition) is 5. The Morgan fingerprint density at radius 1 is 1.42 bits per heavy atom. The summed E-state index contributed by atoms with van der Waals surface area (Å²) in [4.78, 5) is 16.8. The summed E-state index contributed by atoms with van der Waals surface area (Å²) in [6.07, 6.45) is 5.99. The van der Waals surface area contributed by atoms with Gasteiger partial charge in [0.2, 0.25) is 0 Å². The zero-order chi connectivity index (χ0) is 16.6. The van der Waals surface area contributed by atoms with Crippen LogP contribution in [0.1, 0.15) is 18.4 Å². The van der Waals surface area contributed by atoms with E-state index in [0.29, 0.717) is 23.0 Å². The van der Waals surface area contributed by atoms with Gasteiger partial charge in [0.05, 0.1) is 11.0 Å². The molecule has 0 saturated carbocycles. The molecule has 3 N–H and O–H groups in total. The van der Waals surface area contributed by atoms with Crippen LogP contribution in [-0.2, 0) is 11.0 Å². The molecule has 2 bridgehead atoms. The van der Waals surface area contributed by atoms with Crippen LogP contribution in [-0.4, -0.2) is 28.7 Å². The Morgan fingerprint density at radius 3 is 3.12 bits per heavy atom. The lowest BCUT2D eigenvalue weighted by Crippen LogP contribution is -2.55. The van der Waals surface area contributed by atoms with E-state index in [0.717, 1.165) is 19.5 Å². The fraction of sp³-hybridized carbons (Fsp3) is 0.412. The molecule has 0 aliphatic carbocycles. The lowest BCUT2D eigenvalue weighted by molar-refractivity contribution is 0.299. The summed E-state index contributed by atoms with van der Waals surface area (Å²) in [5.41, 5.74) is 2.12. The SMILES string of the molecule is O=c1c(Nc2ccc(C34CCC(CNC3)N4)cn2)cccn1CBr. The van der Waals surface area contributed by atoms with Crippen molar-refractivity contribution in [3.8, 4) is 0 Å². The molecule has 0 amide bonds. The van der Waals surface area contributed by atoms with E-state index in [9.17, 15) is 4.79 Å². The van der Waals surface area contributed by atoms with Crippen molar-refractivity contribution in [2.75, 3.05) is 18.4 Å². The molecule has 7 heteroatoms. The average molecular weight is 390 g/mol. The highest BCUT2D eigenvalue weighted by Gasteiger charge is 2.42. The van der Waals surface area contributed by atoms with Crippen LogP contribution in [0.25, 0.3) is 0 Å². The first-order valence-corrected chi connectivity index (χ1v) is 9.30. The van der Waals surface area contributed by atoms with Crippen molar-refractivity contribution < 1.29 is 0 Å². The Labute approximate surface area is 148 Å². The fourth-order valence-corrected chi connectivity index (χ4v) is 4.05. The summed E-state index contributed by atoms with van der Waals surface area (Å²) in [6, 6.07) is 8.21. The molecule has 2 aliphatic heterocycles. The highest BCUT2D eigenvalue weighted by atomic mass is 79.9. The quantitative estimate of drug-likeness (QED) is 0.696. The number of fused-ring (bicyclic) bond motifs is 2. The molecule has 2 atom stereocenters. The first-order valence-electron chi connectivity index (χ1n) is 8.18. The first kappa shape index (κ1) is 15.8. The van der Waals surface area contributed by atoms with Crippen molar-refractivity contribution in [2.45, 2.75) is 29.9 Å². The topological polar surface area (TPSA) is 71.0 Å². The molecule has 126 valence electrons. The minimum atomic E-state index is -0.0735. The lowest BCUT2D eigenvalue weighted by atomic mass is 9.89. The van der Waals surface area contributed by atoms with E-state index in [2.05, 4.69) is 42.9 Å². The van der Waals surface area contributed by atoms with Gasteiger partial charge in [-0.3, -0.25) is 4.79 Å². The number of piperazine rings is 1. The van der Waals surface area contributed by atoms with Crippen LogP contribution in [0.2, 0.25) is 0 Å². The molecule has 2 aliphatic rings. The Morgan fingerprint density at radius 2 is 2.33 bits per heavy atom. The molecule has 0 aromatic carbocycles. The minimum Gasteiger partial charge on any atom is -0.336 e. The standard InChI is InChI=1S/C17H20BrN5O/c18-11-23-7-1-2-14(16(23)24)21-15-4-3-12(8-20-15)17-6-5-13(22-17)9-19-10-17/h1-4,7-8,13,19,22H,5-6,9-11H2,(H,20,21). The third-order valence-corrected chi connectivity index (χ3v) is 5.49. The van der Waals surface area contributed by atoms with Gasteiger partial charge in [0.1, 0.15) is 11.5 Å². The maximum Gasteiger partial charge on any atom is 0.275 e. The molecule has 2 aromatic rings. The third kappa shape index (κ3) is 2.76. The fourth-order valence-electron chi connectivity index (χ4n) is 3.65. The van der Waals surface area contributed by atoms with Crippen molar-refractivity contribution in [2.24, 2.45) is 0 Å². The van der Waals surface area contributed by atoms with Crippen molar-refractivity contribution >= 4 is 27.4 Å². The van der Waals surface area contributed by atoms with Crippen molar-refractivity contribution in [3.05, 3.63) is 52.6 Å². The van der Waals surface area contributed by atoms with E-state index in [1.807, 2.05) is 18.3 Å². The van der Waals surface area contributed by atoms with Crippen molar-refractivity contribution in [1.82, 2.24) is 20.2 Å². The van der Waals surface area contributed by atoms with Gasteiger partial charge in [-0.25, -0.2) is 4.98 Å². The highest BCUT2D eigenvalue weighted by molar-refractivity contribution is 9.08. The van der Waals surface area contributed by atoms with Crippen LogP contribution < -0.4 is 21.5 Å². The van der Waals surface area contributed by atoms with E-state index in [1.165, 1.54) is 12.0 Å². The predicted octanol–water partition coefficient (Wildman–Crippen LogP) is 1.89. The van der Waals surface area contributed by atoms with Gasteiger partial charge in [0.15, 0.2) is 0 Å². The van der Waals surface area contributed by atoms with Crippen LogP contribution in [0.15, 0.2) is 41.5 Å². The van der Waals surface area contributed by atoms with Crippen LogP contribution in [0.4, 0.5) is 11.5 Å². The molecular weight excluding hydrogens is 370 g/mol. The molecule has 6 nitrogen and oxygen atoms in total. The van der Waals surface area contributed by atoms with Gasteiger partial charge in [0, 0.05) is 31.5 Å². The van der Waals surface area contributed by atoms with Gasteiger partial charge in [-0.1, -0.05) is 22.0 Å². The number of anilines is 2. The predicted molar refractivity (Wildman–Crippen MR) is 97.9 cm³/mol. The maximum atomic E-state index is 12.2. The lowest BCUT2D eigenvalue weighted by Gasteiger charge is -2.35. The van der Waals surface area contributed by atoms with Gasteiger partial charge in [0.25, 0.3) is 5.56 Å². The first-order chi connectivity index (χ1) is 11.7. The molecule has 0 radical (unpaired) electrons. The number of pyridine rings is 2. The molecule has 4 heterocycles. The molecule has 24 heavy (non-hydrogen) atoms. The smallest absolute Gasteiger partial charge is 0.275 e. The highest BCUT2D eigenvalue weighted by Crippen LogP contribution is 2.35. The second-order valence-corrected chi connectivity index (χ2v) is 6.97. The zero-order valence-electron chi connectivity index (χ0n) is 13.3. The summed E-state index contributed by atoms with van der Waals surface area (Å²) in [7, 11) is 0. The number of nitrogens with zero attached hydrogens (tertiary/aromatic N) is 2. The largest absolute Gasteiger partial charge is 0.336 e. The van der Waals surface area contributed by atoms with E-state index in [4.69, 9.17) is 0 Å². The summed E-state index contributed by atoms with van der Waals surface area (Å²) >= 11 is 3.31. The Hall–Kier alpha value is -1.70. The molecule has 2 fully saturated rings. The van der Waals surface area contributed by atoms with Crippen molar-refractivity contribution in [1.29, 1.82) is 0 Å². The van der Waals surface area contributed by atoms with Crippen LogP contribution in [0, 0.1) is 0 Å². The summed E-state index contributed by atoms with van der Waals surface area (Å²) in [5.74, 6) is 0.679. The van der Waals surface area contributed by atoms with Gasteiger partial charge in [-0.05, 0) is 36.6 Å². The van der Waals surface area contributed by atoms with Crippen LogP contribution in [0.5, 0.6) is 0 Å². The van der Waals surface area contributed by atoms with E-state index in [-0.39, 0.29) is 11.1 Å². The normalized spacial score (nSPS) is 25.6. The Balaban J connectivity index is 1.56. The van der Waals surface area contributed by atoms with Gasteiger partial charge in [-0.15, -0.1) is 0 Å². The molecule has 0 spiro atoms. The Bertz CT molecular complexity index is 786. The number of alkyl halides is 1. The molecular formula is C17H20BrN5O. The van der Waals surface area contributed by atoms with E-state index >= 15 is 0 Å². The maximum absolute atomic E-state index is 12.2. The third-order valence-electron chi connectivity index (χ3n) is 4.95. The molecule has 4 rings (SSSR count). The number of rotatable bonds is 4. The van der Waals surface area contributed by atoms with Crippen LogP contribution >= 0.6 is 15.9 Å². The summed E-state index contributed by atoms with van der Waals surface area (Å²) < 4.78 is 1.59. The van der Waals surface area contributed by atoms with Gasteiger partial charge >= 0.3 is 0 Å². The average Bonchev–Trinajstić information content (AvgIpc) is 2.92. The number of halogens is 1. The second kappa shape index (κ2) is 6.31. The van der Waals surface area contributed by atoms with Crippen LogP contribution in [0.3, 0.4) is 0 Å². The van der Waals surface area contributed by atoms with E-state index in [1.54, 1.807) is 16.8 Å². The zero-order valence-corrected chi connectivity index (χ0v) is 14.8. The summed E-state index contributed by atoms with van der Waals surface area (Å²) in [6.45, 7) is 1.98. The molecule has 2 aromatic heterocycles. The summed E-state index contributed by atoms with van der Waals surface area (Å²) in [5, 5.41) is 10.4. The monoisotopic (exact) mass is 389 g/mol. The number of hydrogen-bond donors (Lipinski definition) is 3. The van der Waals surface area contributed by atoms with E-state index < -0.39 is 0 Å². The van der Waals surface area contributed by atoms with Crippen molar-refractivity contribution in [3.63, 3.8) is 0 Å². The Kier molecular flexibility index (Phi) is 4.15. The minimum absolute atomic E-state index is 0.00384.